The van der Waals surface area contributed by atoms with Gasteiger partial charge in [-0.1, -0.05) is 44.4 Å². The summed E-state index contributed by atoms with van der Waals surface area (Å²) in [5.41, 5.74) is 4.63. The van der Waals surface area contributed by atoms with Crippen molar-refractivity contribution in [3.8, 4) is 33.5 Å². The van der Waals surface area contributed by atoms with Crippen LogP contribution in [0.4, 0.5) is 8.78 Å². The van der Waals surface area contributed by atoms with Crippen molar-refractivity contribution in [2.75, 3.05) is 0 Å². The predicted molar refractivity (Wildman–Crippen MR) is 132 cm³/mol. The summed E-state index contributed by atoms with van der Waals surface area (Å²) in [6.45, 7) is 2.30. The SMILES string of the molecule is CCC1CCCC(n2cc(-c3cccc(-c4ccnc(-c5cc(F)ccc5F)c4)c3)cn2)CC1. The fraction of sp³-hybridized carbons (Fsp3) is 0.310. The molecule has 5 heteroatoms. The van der Waals surface area contributed by atoms with Crippen LogP contribution in [0.25, 0.3) is 33.5 Å². The highest BCUT2D eigenvalue weighted by molar-refractivity contribution is 5.75. The van der Waals surface area contributed by atoms with E-state index in [1.54, 1.807) is 12.3 Å². The summed E-state index contributed by atoms with van der Waals surface area (Å²) >= 11 is 0. The summed E-state index contributed by atoms with van der Waals surface area (Å²) in [6.07, 6.45) is 13.3. The Hall–Kier alpha value is -3.34. The molecule has 34 heavy (non-hydrogen) atoms. The summed E-state index contributed by atoms with van der Waals surface area (Å²) < 4.78 is 30.1. The van der Waals surface area contributed by atoms with Gasteiger partial charge in [0.15, 0.2) is 0 Å². The largest absolute Gasteiger partial charge is 0.269 e. The van der Waals surface area contributed by atoms with Gasteiger partial charge in [-0.2, -0.15) is 5.10 Å². The minimum absolute atomic E-state index is 0.160. The number of halogens is 2. The molecule has 5 rings (SSSR count). The van der Waals surface area contributed by atoms with Gasteiger partial charge in [-0.15, -0.1) is 0 Å². The molecule has 174 valence electrons. The molecule has 3 nitrogen and oxygen atoms in total. The third kappa shape index (κ3) is 4.79. The number of nitrogens with zero attached hydrogens (tertiary/aromatic N) is 3. The summed E-state index contributed by atoms with van der Waals surface area (Å²) in [7, 11) is 0. The molecule has 2 heterocycles. The summed E-state index contributed by atoms with van der Waals surface area (Å²) in [5, 5.41) is 4.71. The predicted octanol–water partition coefficient (Wildman–Crippen LogP) is 8.09. The van der Waals surface area contributed by atoms with Gasteiger partial charge in [0.25, 0.3) is 0 Å². The number of pyridine rings is 1. The van der Waals surface area contributed by atoms with Gasteiger partial charge in [0, 0.05) is 23.5 Å². The van der Waals surface area contributed by atoms with Gasteiger partial charge in [0.1, 0.15) is 11.6 Å². The van der Waals surface area contributed by atoms with E-state index < -0.39 is 11.6 Å². The average molecular weight is 458 g/mol. The lowest BCUT2D eigenvalue weighted by Gasteiger charge is -2.15. The van der Waals surface area contributed by atoms with Gasteiger partial charge < -0.3 is 0 Å². The minimum Gasteiger partial charge on any atom is -0.269 e. The van der Waals surface area contributed by atoms with Crippen molar-refractivity contribution in [3.05, 3.63) is 84.8 Å². The number of hydrogen-bond donors (Lipinski definition) is 0. The van der Waals surface area contributed by atoms with Gasteiger partial charge in [-0.3, -0.25) is 9.67 Å². The lowest BCUT2D eigenvalue weighted by Crippen LogP contribution is -2.08. The fourth-order valence-electron chi connectivity index (χ4n) is 5.05. The summed E-state index contributed by atoms with van der Waals surface area (Å²) in [5.74, 6) is -0.125. The smallest absolute Gasteiger partial charge is 0.132 e. The van der Waals surface area contributed by atoms with Crippen molar-refractivity contribution in [3.63, 3.8) is 0 Å². The van der Waals surface area contributed by atoms with Crippen molar-refractivity contribution >= 4 is 0 Å². The zero-order chi connectivity index (χ0) is 23.5. The molecule has 0 N–H and O–H groups in total. The molecule has 2 unspecified atom stereocenters. The zero-order valence-electron chi connectivity index (χ0n) is 19.4. The van der Waals surface area contributed by atoms with Crippen LogP contribution < -0.4 is 0 Å². The van der Waals surface area contributed by atoms with Crippen LogP contribution in [0.1, 0.15) is 51.5 Å². The second kappa shape index (κ2) is 9.88. The third-order valence-electron chi connectivity index (χ3n) is 7.10. The molecular weight excluding hydrogens is 428 g/mol. The van der Waals surface area contributed by atoms with Crippen molar-refractivity contribution < 1.29 is 8.78 Å². The van der Waals surface area contributed by atoms with Crippen LogP contribution in [-0.4, -0.2) is 14.8 Å². The molecule has 0 aliphatic heterocycles. The first-order valence-corrected chi connectivity index (χ1v) is 12.2. The molecule has 2 aromatic heterocycles. The maximum atomic E-state index is 14.3. The van der Waals surface area contributed by atoms with E-state index in [1.165, 1.54) is 44.6 Å². The minimum atomic E-state index is -0.490. The maximum Gasteiger partial charge on any atom is 0.132 e. The number of aromatic nitrogens is 3. The van der Waals surface area contributed by atoms with Gasteiger partial charge in [0.2, 0.25) is 0 Å². The third-order valence-corrected chi connectivity index (χ3v) is 7.10. The molecule has 1 aliphatic rings. The number of hydrogen-bond acceptors (Lipinski definition) is 2. The molecule has 2 atom stereocenters. The van der Waals surface area contributed by atoms with Crippen molar-refractivity contribution in [2.24, 2.45) is 5.92 Å². The second-order valence-electron chi connectivity index (χ2n) is 9.28. The zero-order valence-corrected chi connectivity index (χ0v) is 19.4. The van der Waals surface area contributed by atoms with Crippen LogP contribution in [0.5, 0.6) is 0 Å². The number of benzene rings is 2. The van der Waals surface area contributed by atoms with Crippen molar-refractivity contribution in [1.29, 1.82) is 0 Å². The first-order chi connectivity index (χ1) is 16.6. The fourth-order valence-corrected chi connectivity index (χ4v) is 5.05. The van der Waals surface area contributed by atoms with Crippen LogP contribution >= 0.6 is 0 Å². The maximum absolute atomic E-state index is 14.3. The van der Waals surface area contributed by atoms with Crippen molar-refractivity contribution in [2.45, 2.75) is 51.5 Å². The van der Waals surface area contributed by atoms with Gasteiger partial charge in [-0.05, 0) is 78.3 Å². The van der Waals surface area contributed by atoms with Crippen molar-refractivity contribution in [1.82, 2.24) is 14.8 Å². The van der Waals surface area contributed by atoms with E-state index in [4.69, 9.17) is 5.10 Å². The Balaban J connectivity index is 1.40. The van der Waals surface area contributed by atoms with E-state index in [2.05, 4.69) is 34.9 Å². The lowest BCUT2D eigenvalue weighted by molar-refractivity contribution is 0.390. The Labute approximate surface area is 199 Å². The van der Waals surface area contributed by atoms with Gasteiger partial charge in [-0.25, -0.2) is 8.78 Å². The van der Waals surface area contributed by atoms with E-state index in [9.17, 15) is 8.78 Å². The summed E-state index contributed by atoms with van der Waals surface area (Å²) in [6, 6.07) is 15.8. The van der Waals surface area contributed by atoms with Crippen LogP contribution in [0, 0.1) is 17.6 Å². The quantitative estimate of drug-likeness (QED) is 0.284. The first kappa shape index (κ1) is 22.5. The normalized spacial score (nSPS) is 18.6. The van der Waals surface area contributed by atoms with Crippen LogP contribution in [0.3, 0.4) is 0 Å². The Morgan fingerprint density at radius 1 is 0.882 bits per heavy atom. The Bertz CT molecular complexity index is 1280. The molecule has 0 amide bonds. The molecule has 0 saturated heterocycles. The molecule has 4 aromatic rings. The first-order valence-electron chi connectivity index (χ1n) is 12.2. The Morgan fingerprint density at radius 3 is 2.56 bits per heavy atom. The van der Waals surface area contributed by atoms with Gasteiger partial charge >= 0.3 is 0 Å². The van der Waals surface area contributed by atoms with E-state index >= 15 is 0 Å². The molecule has 0 radical (unpaired) electrons. The highest BCUT2D eigenvalue weighted by Crippen LogP contribution is 2.34. The molecule has 1 fully saturated rings. The molecule has 1 aliphatic carbocycles. The van der Waals surface area contributed by atoms with Gasteiger partial charge in [0.05, 0.1) is 17.9 Å². The highest BCUT2D eigenvalue weighted by Gasteiger charge is 2.20. The second-order valence-corrected chi connectivity index (χ2v) is 9.28. The average Bonchev–Trinajstić information content (AvgIpc) is 3.24. The van der Waals surface area contributed by atoms with Crippen LogP contribution in [0.15, 0.2) is 73.2 Å². The topological polar surface area (TPSA) is 30.7 Å². The lowest BCUT2D eigenvalue weighted by atomic mass is 9.98. The van der Waals surface area contributed by atoms with E-state index in [0.717, 1.165) is 40.3 Å². The monoisotopic (exact) mass is 457 g/mol. The summed E-state index contributed by atoms with van der Waals surface area (Å²) in [4.78, 5) is 4.27. The Morgan fingerprint density at radius 2 is 1.71 bits per heavy atom. The molecule has 1 saturated carbocycles. The molecule has 0 spiro atoms. The number of rotatable bonds is 5. The Kier molecular flexibility index (Phi) is 6.52. The molecule has 2 aromatic carbocycles. The van der Waals surface area contributed by atoms with E-state index in [-0.39, 0.29) is 5.56 Å². The molecule has 0 bridgehead atoms. The highest BCUT2D eigenvalue weighted by atomic mass is 19.1. The molecular formula is C29H29F2N3. The van der Waals surface area contributed by atoms with E-state index in [1.807, 2.05) is 24.4 Å². The van der Waals surface area contributed by atoms with Crippen LogP contribution in [0.2, 0.25) is 0 Å². The van der Waals surface area contributed by atoms with E-state index in [0.29, 0.717) is 11.7 Å². The van der Waals surface area contributed by atoms with Crippen LogP contribution in [-0.2, 0) is 0 Å². The standard InChI is InChI=1S/C29H29F2N3/c1-2-20-5-3-8-26(11-9-20)34-19-24(18-33-34)22-7-4-6-21(15-22)23-13-14-32-29(16-23)27-17-25(30)10-12-28(27)31/h4,6-7,10,12-20,26H,2-3,5,8-9,11H2,1H3.